The minimum atomic E-state index is -0.275. The van der Waals surface area contributed by atoms with Crippen molar-refractivity contribution in [3.63, 3.8) is 0 Å². The first-order valence-corrected chi connectivity index (χ1v) is 5.56. The number of rotatable bonds is 4. The van der Waals surface area contributed by atoms with Gasteiger partial charge in [0, 0.05) is 6.54 Å². The van der Waals surface area contributed by atoms with Crippen molar-refractivity contribution in [3.8, 4) is 0 Å². The van der Waals surface area contributed by atoms with Crippen molar-refractivity contribution >= 4 is 5.91 Å². The van der Waals surface area contributed by atoms with Crippen molar-refractivity contribution in [2.24, 2.45) is 0 Å². The summed E-state index contributed by atoms with van der Waals surface area (Å²) in [6, 6.07) is 4.63. The first-order chi connectivity index (χ1) is 8.66. The molecule has 0 spiro atoms. The van der Waals surface area contributed by atoms with E-state index >= 15 is 0 Å². The van der Waals surface area contributed by atoms with Crippen molar-refractivity contribution in [2.45, 2.75) is 13.3 Å². The summed E-state index contributed by atoms with van der Waals surface area (Å²) in [5.41, 5.74) is 2.15. The molecule has 1 amide bonds. The zero-order valence-corrected chi connectivity index (χ0v) is 9.90. The Morgan fingerprint density at radius 2 is 2.33 bits per heavy atom. The lowest BCUT2D eigenvalue weighted by atomic mass is 10.1. The average molecular weight is 248 g/mol. The molecule has 0 fully saturated rings. The van der Waals surface area contributed by atoms with Crippen LogP contribution < -0.4 is 5.32 Å². The van der Waals surface area contributed by atoms with Gasteiger partial charge in [0.25, 0.3) is 5.91 Å². The highest BCUT2D eigenvalue weighted by molar-refractivity contribution is 5.91. The first-order valence-electron chi connectivity index (χ1n) is 5.56. The molecule has 0 atom stereocenters. The molecule has 1 aromatic carbocycles. The van der Waals surface area contributed by atoms with Gasteiger partial charge >= 0.3 is 0 Å². The Morgan fingerprint density at radius 3 is 3.00 bits per heavy atom. The SMILES string of the molecule is Cc1cc(F)ccc1CCNC(=O)c1cn[nH]n1. The third-order valence-corrected chi connectivity index (χ3v) is 2.63. The van der Waals surface area contributed by atoms with Crippen LogP contribution in [0.25, 0.3) is 0 Å². The summed E-state index contributed by atoms with van der Waals surface area (Å²) in [7, 11) is 0. The molecule has 2 N–H and O–H groups in total. The summed E-state index contributed by atoms with van der Waals surface area (Å²) in [4.78, 5) is 11.5. The number of aryl methyl sites for hydroxylation is 1. The van der Waals surface area contributed by atoms with Gasteiger partial charge in [0.2, 0.25) is 0 Å². The molecule has 0 bridgehead atoms. The molecule has 6 heteroatoms. The Balaban J connectivity index is 1.87. The minimum absolute atomic E-state index is 0.247. The normalized spacial score (nSPS) is 10.3. The number of amides is 1. The van der Waals surface area contributed by atoms with Crippen LogP contribution in [-0.4, -0.2) is 27.9 Å². The fraction of sp³-hybridized carbons (Fsp3) is 0.250. The average Bonchev–Trinajstić information content (AvgIpc) is 2.85. The molecule has 2 rings (SSSR count). The fourth-order valence-corrected chi connectivity index (χ4v) is 1.65. The van der Waals surface area contributed by atoms with E-state index in [2.05, 4.69) is 20.7 Å². The van der Waals surface area contributed by atoms with E-state index in [0.717, 1.165) is 11.1 Å². The molecule has 1 heterocycles. The van der Waals surface area contributed by atoms with Gasteiger partial charge in [0.05, 0.1) is 6.20 Å². The van der Waals surface area contributed by atoms with E-state index < -0.39 is 0 Å². The Morgan fingerprint density at radius 1 is 1.50 bits per heavy atom. The molecule has 18 heavy (non-hydrogen) atoms. The van der Waals surface area contributed by atoms with E-state index in [1.54, 1.807) is 6.07 Å². The number of hydrogen-bond donors (Lipinski definition) is 2. The summed E-state index contributed by atoms with van der Waals surface area (Å²) >= 11 is 0. The lowest BCUT2D eigenvalue weighted by Crippen LogP contribution is -2.26. The zero-order valence-electron chi connectivity index (χ0n) is 9.90. The highest BCUT2D eigenvalue weighted by Crippen LogP contribution is 2.10. The largest absolute Gasteiger partial charge is 0.350 e. The molecule has 1 aromatic heterocycles. The highest BCUT2D eigenvalue weighted by atomic mass is 19.1. The second kappa shape index (κ2) is 5.39. The van der Waals surface area contributed by atoms with Gasteiger partial charge in [-0.2, -0.15) is 15.4 Å². The summed E-state index contributed by atoms with van der Waals surface area (Å²) in [5.74, 6) is -0.522. The number of nitrogens with zero attached hydrogens (tertiary/aromatic N) is 2. The summed E-state index contributed by atoms with van der Waals surface area (Å²) in [6.07, 6.45) is 2.01. The molecular weight excluding hydrogens is 235 g/mol. The van der Waals surface area contributed by atoms with Gasteiger partial charge in [-0.25, -0.2) is 4.39 Å². The Labute approximate surface area is 103 Å². The zero-order chi connectivity index (χ0) is 13.0. The summed E-state index contributed by atoms with van der Waals surface area (Å²) < 4.78 is 12.9. The third kappa shape index (κ3) is 2.91. The van der Waals surface area contributed by atoms with Gasteiger partial charge in [-0.1, -0.05) is 6.07 Å². The van der Waals surface area contributed by atoms with Gasteiger partial charge in [-0.05, 0) is 36.6 Å². The minimum Gasteiger partial charge on any atom is -0.350 e. The van der Waals surface area contributed by atoms with Gasteiger partial charge in [-0.3, -0.25) is 4.79 Å². The molecule has 0 saturated heterocycles. The van der Waals surface area contributed by atoms with Crippen LogP contribution in [0.5, 0.6) is 0 Å². The van der Waals surface area contributed by atoms with E-state index in [0.29, 0.717) is 13.0 Å². The molecule has 0 aliphatic carbocycles. The number of nitrogens with one attached hydrogen (secondary N) is 2. The maximum atomic E-state index is 12.9. The van der Waals surface area contributed by atoms with Gasteiger partial charge in [0.15, 0.2) is 5.69 Å². The molecule has 2 aromatic rings. The van der Waals surface area contributed by atoms with Crippen LogP contribution in [0.3, 0.4) is 0 Å². The maximum Gasteiger partial charge on any atom is 0.273 e. The number of aromatic nitrogens is 3. The molecule has 0 aliphatic heterocycles. The van der Waals surface area contributed by atoms with Crippen LogP contribution in [0.15, 0.2) is 24.4 Å². The standard InChI is InChI=1S/C12H13FN4O/c1-8-6-10(13)3-2-9(8)4-5-14-12(18)11-7-15-17-16-11/h2-3,6-7H,4-5H2,1H3,(H,14,18)(H,15,16,17). The van der Waals surface area contributed by atoms with Crippen LogP contribution in [-0.2, 0) is 6.42 Å². The molecule has 94 valence electrons. The molecule has 5 nitrogen and oxygen atoms in total. The lowest BCUT2D eigenvalue weighted by molar-refractivity contribution is 0.0949. The summed E-state index contributed by atoms with van der Waals surface area (Å²) in [5, 5.41) is 12.3. The molecule has 0 radical (unpaired) electrons. The van der Waals surface area contributed by atoms with Crippen LogP contribution in [0.2, 0.25) is 0 Å². The van der Waals surface area contributed by atoms with Crippen molar-refractivity contribution < 1.29 is 9.18 Å². The van der Waals surface area contributed by atoms with Crippen molar-refractivity contribution in [2.75, 3.05) is 6.54 Å². The number of carbonyl (C=O) groups excluding carboxylic acids is 1. The van der Waals surface area contributed by atoms with Crippen LogP contribution >= 0.6 is 0 Å². The third-order valence-electron chi connectivity index (χ3n) is 2.63. The second-order valence-corrected chi connectivity index (χ2v) is 3.93. The Kier molecular flexibility index (Phi) is 3.66. The molecular formula is C12H13FN4O. The molecule has 0 unspecified atom stereocenters. The van der Waals surface area contributed by atoms with E-state index in [9.17, 15) is 9.18 Å². The van der Waals surface area contributed by atoms with Crippen molar-refractivity contribution in [1.82, 2.24) is 20.7 Å². The second-order valence-electron chi connectivity index (χ2n) is 3.93. The van der Waals surface area contributed by atoms with E-state index in [-0.39, 0.29) is 17.4 Å². The first kappa shape index (κ1) is 12.2. The topological polar surface area (TPSA) is 70.7 Å². The number of aromatic amines is 1. The van der Waals surface area contributed by atoms with Crippen LogP contribution in [0.1, 0.15) is 21.6 Å². The predicted octanol–water partition coefficient (Wildman–Crippen LogP) is 1.22. The predicted molar refractivity (Wildman–Crippen MR) is 63.6 cm³/mol. The molecule has 0 saturated carbocycles. The monoisotopic (exact) mass is 248 g/mol. The van der Waals surface area contributed by atoms with E-state index in [1.165, 1.54) is 18.3 Å². The van der Waals surface area contributed by atoms with E-state index in [4.69, 9.17) is 0 Å². The number of H-pyrrole nitrogens is 1. The smallest absolute Gasteiger partial charge is 0.273 e. The number of halogens is 1. The number of carbonyl (C=O) groups is 1. The Hall–Kier alpha value is -2.24. The molecule has 0 aliphatic rings. The maximum absolute atomic E-state index is 12.9. The lowest BCUT2D eigenvalue weighted by Gasteiger charge is -2.06. The van der Waals surface area contributed by atoms with E-state index in [1.807, 2.05) is 6.92 Å². The highest BCUT2D eigenvalue weighted by Gasteiger charge is 2.07. The summed E-state index contributed by atoms with van der Waals surface area (Å²) in [6.45, 7) is 2.32. The van der Waals surface area contributed by atoms with Gasteiger partial charge in [-0.15, -0.1) is 0 Å². The quantitative estimate of drug-likeness (QED) is 0.854. The fourth-order valence-electron chi connectivity index (χ4n) is 1.65. The van der Waals surface area contributed by atoms with Crippen molar-refractivity contribution in [1.29, 1.82) is 0 Å². The van der Waals surface area contributed by atoms with Gasteiger partial charge < -0.3 is 5.32 Å². The van der Waals surface area contributed by atoms with Gasteiger partial charge in [0.1, 0.15) is 5.82 Å². The van der Waals surface area contributed by atoms with Crippen LogP contribution in [0, 0.1) is 12.7 Å². The Bertz CT molecular complexity index is 539. The number of benzene rings is 1. The number of hydrogen-bond acceptors (Lipinski definition) is 3. The van der Waals surface area contributed by atoms with Crippen molar-refractivity contribution in [3.05, 3.63) is 47.0 Å². The van der Waals surface area contributed by atoms with Crippen LogP contribution in [0.4, 0.5) is 4.39 Å².